The molecule has 3 rings (SSSR count). The highest BCUT2D eigenvalue weighted by atomic mass is 79.9. The molecule has 0 aliphatic heterocycles. The van der Waals surface area contributed by atoms with Crippen LogP contribution >= 0.6 is 27.7 Å². The molecule has 1 N–H and O–H groups in total. The van der Waals surface area contributed by atoms with Gasteiger partial charge in [-0.05, 0) is 55.6 Å². The van der Waals surface area contributed by atoms with Crippen molar-refractivity contribution in [1.82, 2.24) is 5.32 Å². The zero-order chi connectivity index (χ0) is 13.2. The van der Waals surface area contributed by atoms with Gasteiger partial charge in [0.2, 0.25) is 0 Å². The van der Waals surface area contributed by atoms with Crippen LogP contribution in [0.25, 0.3) is 0 Å². The molecule has 104 valence electrons. The molecule has 0 heterocycles. The molecule has 3 atom stereocenters. The Bertz CT molecular complexity index is 448. The molecule has 1 fully saturated rings. The van der Waals surface area contributed by atoms with Crippen LogP contribution in [0.3, 0.4) is 0 Å². The van der Waals surface area contributed by atoms with Gasteiger partial charge in [-0.15, -0.1) is 0 Å². The Labute approximate surface area is 129 Å². The van der Waals surface area contributed by atoms with E-state index < -0.39 is 0 Å². The molecule has 19 heavy (non-hydrogen) atoms. The van der Waals surface area contributed by atoms with E-state index in [9.17, 15) is 0 Å². The number of rotatable bonds is 3. The lowest BCUT2D eigenvalue weighted by molar-refractivity contribution is 0.343. The molecule has 3 unspecified atom stereocenters. The molecule has 0 amide bonds. The maximum Gasteiger partial charge on any atom is 0.0328 e. The first-order valence-corrected chi connectivity index (χ1v) is 9.42. The molecule has 0 radical (unpaired) electrons. The van der Waals surface area contributed by atoms with Crippen molar-refractivity contribution in [3.8, 4) is 0 Å². The van der Waals surface area contributed by atoms with Gasteiger partial charge in [-0.2, -0.15) is 11.8 Å². The second-order valence-corrected chi connectivity index (χ2v) is 7.78. The highest BCUT2D eigenvalue weighted by Gasteiger charge is 2.28. The topological polar surface area (TPSA) is 12.0 Å². The minimum absolute atomic E-state index is 0.582. The number of benzene rings is 1. The van der Waals surface area contributed by atoms with E-state index in [4.69, 9.17) is 0 Å². The Morgan fingerprint density at radius 2 is 2.16 bits per heavy atom. The smallest absolute Gasteiger partial charge is 0.0328 e. The number of fused-ring (bicyclic) bond motifs is 1. The Kier molecular flexibility index (Phi) is 4.55. The van der Waals surface area contributed by atoms with Gasteiger partial charge in [0.25, 0.3) is 0 Å². The molecule has 0 saturated heterocycles. The summed E-state index contributed by atoms with van der Waals surface area (Å²) in [6.07, 6.45) is 10.2. The molecule has 2 aliphatic rings. The zero-order valence-electron chi connectivity index (χ0n) is 11.5. The SMILES string of the molecule is CSC1CCCC(NC2CCc3c(Br)cccc32)C1. The fourth-order valence-corrected chi connectivity index (χ4v) is 4.98. The largest absolute Gasteiger partial charge is 0.307 e. The predicted molar refractivity (Wildman–Crippen MR) is 87.9 cm³/mol. The van der Waals surface area contributed by atoms with Gasteiger partial charge in [-0.3, -0.25) is 0 Å². The van der Waals surface area contributed by atoms with E-state index >= 15 is 0 Å². The van der Waals surface area contributed by atoms with Gasteiger partial charge in [0, 0.05) is 21.8 Å². The Balaban J connectivity index is 1.68. The summed E-state index contributed by atoms with van der Waals surface area (Å²) >= 11 is 5.74. The maximum atomic E-state index is 3.93. The van der Waals surface area contributed by atoms with Gasteiger partial charge in [0.15, 0.2) is 0 Å². The average molecular weight is 340 g/mol. The third kappa shape index (κ3) is 3.03. The summed E-state index contributed by atoms with van der Waals surface area (Å²) in [5, 5.41) is 4.80. The Hall–Kier alpha value is 0.0100. The molecule has 0 spiro atoms. The predicted octanol–water partition coefficient (Wildman–Crippen LogP) is 4.70. The average Bonchev–Trinajstić information content (AvgIpc) is 2.84. The van der Waals surface area contributed by atoms with Gasteiger partial charge in [0.05, 0.1) is 0 Å². The third-order valence-electron chi connectivity index (χ3n) is 4.61. The van der Waals surface area contributed by atoms with E-state index in [-0.39, 0.29) is 0 Å². The fourth-order valence-electron chi connectivity index (χ4n) is 3.58. The van der Waals surface area contributed by atoms with E-state index in [0.29, 0.717) is 6.04 Å². The zero-order valence-corrected chi connectivity index (χ0v) is 13.9. The molecule has 1 aromatic carbocycles. The molecule has 1 nitrogen and oxygen atoms in total. The van der Waals surface area contributed by atoms with Crippen molar-refractivity contribution in [2.24, 2.45) is 0 Å². The quantitative estimate of drug-likeness (QED) is 0.856. The third-order valence-corrected chi connectivity index (χ3v) is 6.45. The summed E-state index contributed by atoms with van der Waals surface area (Å²) in [4.78, 5) is 0. The van der Waals surface area contributed by atoms with Crippen LogP contribution in [-0.2, 0) is 6.42 Å². The van der Waals surface area contributed by atoms with Gasteiger partial charge in [-0.1, -0.05) is 34.5 Å². The lowest BCUT2D eigenvalue weighted by atomic mass is 9.93. The van der Waals surface area contributed by atoms with Crippen molar-refractivity contribution in [3.63, 3.8) is 0 Å². The van der Waals surface area contributed by atoms with Crippen LogP contribution in [0.5, 0.6) is 0 Å². The van der Waals surface area contributed by atoms with Crippen LogP contribution in [0.2, 0.25) is 0 Å². The van der Waals surface area contributed by atoms with Gasteiger partial charge >= 0.3 is 0 Å². The van der Waals surface area contributed by atoms with Crippen molar-refractivity contribution < 1.29 is 0 Å². The van der Waals surface area contributed by atoms with Crippen molar-refractivity contribution in [3.05, 3.63) is 33.8 Å². The molecule has 0 bridgehead atoms. The fraction of sp³-hybridized carbons (Fsp3) is 0.625. The summed E-state index contributed by atoms with van der Waals surface area (Å²) in [6, 6.07) is 7.96. The van der Waals surface area contributed by atoms with Crippen molar-refractivity contribution in [2.45, 2.75) is 55.9 Å². The monoisotopic (exact) mass is 339 g/mol. The normalized spacial score (nSPS) is 30.3. The van der Waals surface area contributed by atoms with Crippen LogP contribution in [0, 0.1) is 0 Å². The molecule has 0 aromatic heterocycles. The highest BCUT2D eigenvalue weighted by molar-refractivity contribution is 9.10. The molecule has 1 aromatic rings. The Morgan fingerprint density at radius 1 is 1.26 bits per heavy atom. The summed E-state index contributed by atoms with van der Waals surface area (Å²) in [5.74, 6) is 0. The maximum absolute atomic E-state index is 3.93. The first-order chi connectivity index (χ1) is 9.28. The molecular formula is C16H22BrNS. The Morgan fingerprint density at radius 3 is 3.00 bits per heavy atom. The van der Waals surface area contributed by atoms with Crippen LogP contribution in [0.15, 0.2) is 22.7 Å². The molecular weight excluding hydrogens is 318 g/mol. The van der Waals surface area contributed by atoms with Crippen molar-refractivity contribution in [1.29, 1.82) is 0 Å². The van der Waals surface area contributed by atoms with E-state index in [1.165, 1.54) is 54.1 Å². The van der Waals surface area contributed by atoms with Gasteiger partial charge < -0.3 is 5.32 Å². The molecule has 3 heteroatoms. The standard InChI is InChI=1S/C16H22BrNS/c1-19-12-5-2-4-11(10-12)18-16-9-8-13-14(16)6-3-7-15(13)17/h3,6-7,11-12,16,18H,2,4-5,8-10H2,1H3. The van der Waals surface area contributed by atoms with Crippen LogP contribution in [0.1, 0.15) is 49.3 Å². The number of hydrogen-bond acceptors (Lipinski definition) is 2. The van der Waals surface area contributed by atoms with Crippen molar-refractivity contribution >= 4 is 27.7 Å². The first kappa shape index (κ1) is 14.0. The lowest BCUT2D eigenvalue weighted by Gasteiger charge is -2.31. The summed E-state index contributed by atoms with van der Waals surface area (Å²) in [7, 11) is 0. The number of halogens is 1. The van der Waals surface area contributed by atoms with E-state index in [1.807, 2.05) is 11.8 Å². The summed E-state index contributed by atoms with van der Waals surface area (Å²) in [5.41, 5.74) is 3.05. The highest BCUT2D eigenvalue weighted by Crippen LogP contribution is 2.37. The molecule has 1 saturated carbocycles. The van der Waals surface area contributed by atoms with E-state index in [0.717, 1.165) is 11.3 Å². The van der Waals surface area contributed by atoms with Crippen LogP contribution in [0.4, 0.5) is 0 Å². The van der Waals surface area contributed by atoms with Crippen LogP contribution in [-0.4, -0.2) is 17.5 Å². The number of thioether (sulfide) groups is 1. The second kappa shape index (κ2) is 6.19. The van der Waals surface area contributed by atoms with E-state index in [1.54, 1.807) is 0 Å². The molecule has 2 aliphatic carbocycles. The van der Waals surface area contributed by atoms with Gasteiger partial charge in [-0.25, -0.2) is 0 Å². The summed E-state index contributed by atoms with van der Waals surface area (Å²) < 4.78 is 1.29. The van der Waals surface area contributed by atoms with Crippen molar-refractivity contribution in [2.75, 3.05) is 6.26 Å². The number of nitrogens with one attached hydrogen (secondary N) is 1. The summed E-state index contributed by atoms with van der Waals surface area (Å²) in [6.45, 7) is 0. The first-order valence-electron chi connectivity index (χ1n) is 7.34. The number of hydrogen-bond donors (Lipinski definition) is 1. The van der Waals surface area contributed by atoms with Gasteiger partial charge in [0.1, 0.15) is 0 Å². The minimum atomic E-state index is 0.582. The second-order valence-electron chi connectivity index (χ2n) is 5.79. The van der Waals surface area contributed by atoms with E-state index in [2.05, 4.69) is 45.7 Å². The minimum Gasteiger partial charge on any atom is -0.307 e. The lowest BCUT2D eigenvalue weighted by Crippen LogP contribution is -2.36. The van der Waals surface area contributed by atoms with Crippen LogP contribution < -0.4 is 5.32 Å².